The van der Waals surface area contributed by atoms with Crippen LogP contribution in [0.1, 0.15) is 37.3 Å². The summed E-state index contributed by atoms with van der Waals surface area (Å²) < 4.78 is 22.6. The number of carbonyl (C=O) groups is 1. The number of guanidine groups is 1. The minimum absolute atomic E-state index is 0.0107. The lowest BCUT2D eigenvalue weighted by Gasteiger charge is -2.20. The van der Waals surface area contributed by atoms with Gasteiger partial charge in [0, 0.05) is 45.4 Å². The second kappa shape index (κ2) is 9.73. The Morgan fingerprint density at radius 1 is 1.30 bits per heavy atom. The standard InChI is InChI=1S/C19H30N4O3S/c1-15(10-12-27(3,25)26)22-19(20-2)21-13-16-7-4-5-8-17(16)14-23-11-6-9-18(23)24/h4-5,7-8,15H,6,9-14H2,1-3H3,(H2,20,21,22). The summed E-state index contributed by atoms with van der Waals surface area (Å²) in [4.78, 5) is 18.0. The van der Waals surface area contributed by atoms with Crippen LogP contribution in [0, 0.1) is 0 Å². The van der Waals surface area contributed by atoms with Crippen molar-refractivity contribution in [3.05, 3.63) is 35.4 Å². The van der Waals surface area contributed by atoms with E-state index < -0.39 is 9.84 Å². The molecule has 1 amide bonds. The average molecular weight is 395 g/mol. The number of sulfone groups is 1. The molecule has 1 aromatic rings. The zero-order chi connectivity index (χ0) is 19.9. The normalized spacial score (nSPS) is 16.5. The molecule has 7 nitrogen and oxygen atoms in total. The van der Waals surface area contributed by atoms with E-state index in [1.54, 1.807) is 7.05 Å². The number of benzene rings is 1. The van der Waals surface area contributed by atoms with E-state index in [1.807, 2.05) is 36.1 Å². The molecule has 0 saturated carbocycles. The first-order valence-corrected chi connectivity index (χ1v) is 11.3. The minimum atomic E-state index is -2.97. The fourth-order valence-corrected chi connectivity index (χ4v) is 3.81. The van der Waals surface area contributed by atoms with Gasteiger partial charge in [0.05, 0.1) is 5.75 Å². The monoisotopic (exact) mass is 394 g/mol. The molecule has 1 atom stereocenters. The molecular weight excluding hydrogens is 364 g/mol. The molecule has 0 radical (unpaired) electrons. The van der Waals surface area contributed by atoms with Crippen LogP contribution in [0.4, 0.5) is 0 Å². The van der Waals surface area contributed by atoms with Gasteiger partial charge < -0.3 is 15.5 Å². The van der Waals surface area contributed by atoms with E-state index in [4.69, 9.17) is 0 Å². The molecule has 2 rings (SSSR count). The SMILES string of the molecule is CN=C(NCc1ccccc1CN1CCCC1=O)NC(C)CCS(C)(=O)=O. The van der Waals surface area contributed by atoms with Crippen LogP contribution in [-0.2, 0) is 27.7 Å². The third-order valence-corrected chi connectivity index (χ3v) is 5.60. The van der Waals surface area contributed by atoms with Crippen LogP contribution >= 0.6 is 0 Å². The lowest BCUT2D eigenvalue weighted by atomic mass is 10.1. The van der Waals surface area contributed by atoms with Crippen LogP contribution in [0.25, 0.3) is 0 Å². The van der Waals surface area contributed by atoms with Crippen molar-refractivity contribution in [1.29, 1.82) is 0 Å². The van der Waals surface area contributed by atoms with Crippen molar-refractivity contribution >= 4 is 21.7 Å². The molecule has 0 aromatic heterocycles. The lowest BCUT2D eigenvalue weighted by Crippen LogP contribution is -2.42. The molecule has 0 spiro atoms. The van der Waals surface area contributed by atoms with Gasteiger partial charge in [-0.05, 0) is 30.9 Å². The molecule has 1 aliphatic heterocycles. The quantitative estimate of drug-likeness (QED) is 0.512. The summed E-state index contributed by atoms with van der Waals surface area (Å²) in [6.07, 6.45) is 3.34. The van der Waals surface area contributed by atoms with Gasteiger partial charge in [-0.1, -0.05) is 24.3 Å². The first kappa shape index (κ1) is 21.2. The van der Waals surface area contributed by atoms with Crippen LogP contribution in [0.3, 0.4) is 0 Å². The Labute approximate surface area is 162 Å². The van der Waals surface area contributed by atoms with E-state index in [9.17, 15) is 13.2 Å². The second-order valence-electron chi connectivity index (χ2n) is 7.08. The molecular formula is C19H30N4O3S. The van der Waals surface area contributed by atoms with Crippen LogP contribution in [-0.4, -0.2) is 56.8 Å². The Morgan fingerprint density at radius 2 is 2.00 bits per heavy atom. The summed E-state index contributed by atoms with van der Waals surface area (Å²) in [7, 11) is -1.28. The third-order valence-electron chi connectivity index (χ3n) is 4.63. The molecule has 0 aliphatic carbocycles. The number of amides is 1. The predicted molar refractivity (Wildman–Crippen MR) is 108 cm³/mol. The number of hydrogen-bond donors (Lipinski definition) is 2. The van der Waals surface area contributed by atoms with Crippen LogP contribution in [0.5, 0.6) is 0 Å². The van der Waals surface area contributed by atoms with Crippen LogP contribution in [0.15, 0.2) is 29.3 Å². The number of aliphatic imine (C=N–C) groups is 1. The first-order valence-electron chi connectivity index (χ1n) is 9.28. The van der Waals surface area contributed by atoms with Gasteiger partial charge in [0.1, 0.15) is 9.84 Å². The molecule has 1 fully saturated rings. The van der Waals surface area contributed by atoms with Gasteiger partial charge >= 0.3 is 0 Å². The fourth-order valence-electron chi connectivity index (χ4n) is 3.03. The van der Waals surface area contributed by atoms with E-state index in [2.05, 4.69) is 15.6 Å². The summed E-state index contributed by atoms with van der Waals surface area (Å²) in [5.41, 5.74) is 2.24. The van der Waals surface area contributed by atoms with Crippen molar-refractivity contribution in [1.82, 2.24) is 15.5 Å². The van der Waals surface area contributed by atoms with Gasteiger partial charge in [-0.15, -0.1) is 0 Å². The highest BCUT2D eigenvalue weighted by Crippen LogP contribution is 2.17. The van der Waals surface area contributed by atoms with Crippen LogP contribution in [0.2, 0.25) is 0 Å². The Hall–Kier alpha value is -2.09. The van der Waals surface area contributed by atoms with Crippen molar-refractivity contribution in [2.24, 2.45) is 4.99 Å². The Balaban J connectivity index is 1.91. The van der Waals surface area contributed by atoms with E-state index in [0.717, 1.165) is 24.1 Å². The molecule has 2 N–H and O–H groups in total. The molecule has 27 heavy (non-hydrogen) atoms. The minimum Gasteiger partial charge on any atom is -0.354 e. The molecule has 1 unspecified atom stereocenters. The largest absolute Gasteiger partial charge is 0.354 e. The number of hydrogen-bond acceptors (Lipinski definition) is 4. The Kier molecular flexibility index (Phi) is 7.65. The van der Waals surface area contributed by atoms with Crippen molar-refractivity contribution in [3.8, 4) is 0 Å². The molecule has 8 heteroatoms. The number of nitrogens with zero attached hydrogens (tertiary/aromatic N) is 2. The van der Waals surface area contributed by atoms with Gasteiger partial charge in [0.15, 0.2) is 5.96 Å². The van der Waals surface area contributed by atoms with E-state index in [0.29, 0.717) is 31.9 Å². The number of likely N-dealkylation sites (tertiary alicyclic amines) is 1. The number of rotatable bonds is 8. The lowest BCUT2D eigenvalue weighted by molar-refractivity contribution is -0.128. The van der Waals surface area contributed by atoms with Gasteiger partial charge in [-0.2, -0.15) is 0 Å². The Morgan fingerprint density at radius 3 is 2.59 bits per heavy atom. The highest BCUT2D eigenvalue weighted by Gasteiger charge is 2.20. The molecule has 1 aromatic carbocycles. The van der Waals surface area contributed by atoms with Gasteiger partial charge in [-0.25, -0.2) is 8.42 Å². The van der Waals surface area contributed by atoms with E-state index >= 15 is 0 Å². The summed E-state index contributed by atoms with van der Waals surface area (Å²) in [6.45, 7) is 3.97. The molecule has 0 bridgehead atoms. The average Bonchev–Trinajstić information content (AvgIpc) is 3.02. The maximum Gasteiger partial charge on any atom is 0.222 e. The zero-order valence-electron chi connectivity index (χ0n) is 16.4. The Bertz CT molecular complexity index is 777. The molecule has 1 heterocycles. The first-order chi connectivity index (χ1) is 12.8. The second-order valence-corrected chi connectivity index (χ2v) is 9.34. The molecule has 1 saturated heterocycles. The smallest absolute Gasteiger partial charge is 0.222 e. The van der Waals surface area contributed by atoms with Gasteiger partial charge in [0.25, 0.3) is 0 Å². The summed E-state index contributed by atoms with van der Waals surface area (Å²) in [6, 6.07) is 8.05. The molecule has 150 valence electrons. The number of nitrogens with one attached hydrogen (secondary N) is 2. The maximum atomic E-state index is 11.9. The summed E-state index contributed by atoms with van der Waals surface area (Å²) in [5.74, 6) is 0.989. The van der Waals surface area contributed by atoms with Gasteiger partial charge in [-0.3, -0.25) is 9.79 Å². The highest BCUT2D eigenvalue weighted by atomic mass is 32.2. The third kappa shape index (κ3) is 7.21. The van der Waals surface area contributed by atoms with E-state index in [-0.39, 0.29) is 17.7 Å². The number of carbonyl (C=O) groups excluding carboxylic acids is 1. The van der Waals surface area contributed by atoms with Crippen molar-refractivity contribution < 1.29 is 13.2 Å². The highest BCUT2D eigenvalue weighted by molar-refractivity contribution is 7.90. The van der Waals surface area contributed by atoms with Crippen molar-refractivity contribution in [2.75, 3.05) is 25.6 Å². The molecule has 1 aliphatic rings. The maximum absolute atomic E-state index is 11.9. The fraction of sp³-hybridized carbons (Fsp3) is 0.579. The van der Waals surface area contributed by atoms with Crippen molar-refractivity contribution in [3.63, 3.8) is 0 Å². The van der Waals surface area contributed by atoms with Crippen LogP contribution < -0.4 is 10.6 Å². The summed E-state index contributed by atoms with van der Waals surface area (Å²) in [5, 5.41) is 6.50. The predicted octanol–water partition coefficient (Wildman–Crippen LogP) is 1.30. The van der Waals surface area contributed by atoms with Crippen molar-refractivity contribution in [2.45, 2.75) is 45.3 Å². The summed E-state index contributed by atoms with van der Waals surface area (Å²) >= 11 is 0. The zero-order valence-corrected chi connectivity index (χ0v) is 17.2. The van der Waals surface area contributed by atoms with Gasteiger partial charge in [0.2, 0.25) is 5.91 Å². The van der Waals surface area contributed by atoms with E-state index in [1.165, 1.54) is 6.26 Å². The topological polar surface area (TPSA) is 90.9 Å².